The highest BCUT2D eigenvalue weighted by Crippen LogP contribution is 2.32. The van der Waals surface area contributed by atoms with E-state index in [1.807, 2.05) is 30.3 Å². The van der Waals surface area contributed by atoms with Crippen LogP contribution in [0.3, 0.4) is 0 Å². The van der Waals surface area contributed by atoms with Gasteiger partial charge in [0.05, 0.1) is 6.26 Å². The molecule has 0 aliphatic rings. The van der Waals surface area contributed by atoms with Crippen molar-refractivity contribution in [2.75, 3.05) is 0 Å². The first kappa shape index (κ1) is 10.6. The van der Waals surface area contributed by atoms with Crippen LogP contribution in [0.1, 0.15) is 17.4 Å². The van der Waals surface area contributed by atoms with Crippen LogP contribution in [0.5, 0.6) is 0 Å². The van der Waals surface area contributed by atoms with Crippen molar-refractivity contribution in [3.8, 4) is 0 Å². The second-order valence-corrected chi connectivity index (χ2v) is 4.46. The van der Waals surface area contributed by atoms with Crippen LogP contribution in [-0.2, 0) is 0 Å². The molecule has 1 atom stereocenters. The second kappa shape index (κ2) is 4.05. The van der Waals surface area contributed by atoms with Crippen LogP contribution in [-0.4, -0.2) is 5.11 Å². The monoisotopic (exact) mass is 292 g/mol. The Labute approximate surface area is 106 Å². The molecule has 0 bridgehead atoms. The van der Waals surface area contributed by atoms with E-state index in [1.165, 1.54) is 6.26 Å². The second-order valence-electron chi connectivity index (χ2n) is 3.74. The predicted molar refractivity (Wildman–Crippen MR) is 66.7 cm³/mol. The van der Waals surface area contributed by atoms with E-state index in [1.54, 1.807) is 6.07 Å². The molecule has 0 radical (unpaired) electrons. The third kappa shape index (κ3) is 1.79. The summed E-state index contributed by atoms with van der Waals surface area (Å²) in [6.07, 6.45) is 0.696. The van der Waals surface area contributed by atoms with Crippen LogP contribution in [0.15, 0.2) is 56.2 Å². The molecule has 1 unspecified atom stereocenters. The minimum absolute atomic E-state index is 0.508. The maximum absolute atomic E-state index is 10.2. The summed E-state index contributed by atoms with van der Waals surface area (Å²) in [6, 6.07) is 11.2. The fourth-order valence-corrected chi connectivity index (χ4v) is 2.25. The third-order valence-corrected chi connectivity index (χ3v) is 3.30. The number of rotatable bonds is 2. The van der Waals surface area contributed by atoms with Gasteiger partial charge in [0.1, 0.15) is 17.4 Å². The molecule has 0 saturated carbocycles. The minimum atomic E-state index is -0.824. The zero-order chi connectivity index (χ0) is 11.8. The normalized spacial score (nSPS) is 13.1. The van der Waals surface area contributed by atoms with E-state index in [0.717, 1.165) is 11.0 Å². The maximum Gasteiger partial charge on any atom is 0.175 e. The Morgan fingerprint density at radius 1 is 1.18 bits per heavy atom. The highest BCUT2D eigenvalue weighted by molar-refractivity contribution is 9.10. The molecule has 0 saturated heterocycles. The van der Waals surface area contributed by atoms with Crippen molar-refractivity contribution in [1.82, 2.24) is 0 Å². The van der Waals surface area contributed by atoms with Gasteiger partial charge in [-0.05, 0) is 34.1 Å². The summed E-state index contributed by atoms with van der Waals surface area (Å²) < 4.78 is 11.2. The number of halogens is 1. The summed E-state index contributed by atoms with van der Waals surface area (Å²) in [5, 5.41) is 11.2. The highest BCUT2D eigenvalue weighted by atomic mass is 79.9. The van der Waals surface area contributed by atoms with Gasteiger partial charge in [-0.2, -0.15) is 0 Å². The van der Waals surface area contributed by atoms with E-state index in [0.29, 0.717) is 16.0 Å². The van der Waals surface area contributed by atoms with Gasteiger partial charge in [0, 0.05) is 10.9 Å². The van der Waals surface area contributed by atoms with Gasteiger partial charge >= 0.3 is 0 Å². The van der Waals surface area contributed by atoms with Gasteiger partial charge in [-0.15, -0.1) is 0 Å². The largest absolute Gasteiger partial charge is 0.458 e. The van der Waals surface area contributed by atoms with E-state index in [2.05, 4.69) is 15.9 Å². The lowest BCUT2D eigenvalue weighted by Crippen LogP contribution is -1.96. The van der Waals surface area contributed by atoms with Crippen LogP contribution >= 0.6 is 15.9 Å². The molecule has 4 heteroatoms. The molecule has 2 aromatic heterocycles. The molecule has 0 aliphatic carbocycles. The quantitative estimate of drug-likeness (QED) is 0.780. The summed E-state index contributed by atoms with van der Waals surface area (Å²) in [5.74, 6) is 0.508. The Hall–Kier alpha value is -1.52. The number of benzene rings is 1. The van der Waals surface area contributed by atoms with E-state index < -0.39 is 6.10 Å². The number of hydrogen-bond acceptors (Lipinski definition) is 3. The Bertz CT molecular complexity index is 620. The average molecular weight is 293 g/mol. The minimum Gasteiger partial charge on any atom is -0.458 e. The number of para-hydroxylation sites is 1. The van der Waals surface area contributed by atoms with Crippen LogP contribution in [0, 0.1) is 0 Å². The molecule has 3 nitrogen and oxygen atoms in total. The van der Waals surface area contributed by atoms with E-state index in [4.69, 9.17) is 8.83 Å². The molecule has 0 aliphatic heterocycles. The van der Waals surface area contributed by atoms with E-state index >= 15 is 0 Å². The Morgan fingerprint density at radius 2 is 2.00 bits per heavy atom. The van der Waals surface area contributed by atoms with E-state index in [9.17, 15) is 5.11 Å². The van der Waals surface area contributed by atoms with Gasteiger partial charge in [-0.3, -0.25) is 0 Å². The topological polar surface area (TPSA) is 46.5 Å². The van der Waals surface area contributed by atoms with Crippen LogP contribution < -0.4 is 0 Å². The molecular weight excluding hydrogens is 284 g/mol. The van der Waals surface area contributed by atoms with Crippen LogP contribution in [0.2, 0.25) is 0 Å². The number of aliphatic hydroxyl groups excluding tert-OH is 1. The summed E-state index contributed by atoms with van der Waals surface area (Å²) in [4.78, 5) is 0. The summed E-state index contributed by atoms with van der Waals surface area (Å²) >= 11 is 3.24. The molecule has 0 amide bonds. The molecule has 2 heterocycles. The molecule has 1 aromatic carbocycles. The molecule has 3 aromatic rings. The summed E-state index contributed by atoms with van der Waals surface area (Å²) in [6.45, 7) is 0. The Balaban J connectivity index is 2.07. The van der Waals surface area contributed by atoms with Gasteiger partial charge in [-0.25, -0.2) is 0 Å². The zero-order valence-corrected chi connectivity index (χ0v) is 10.3. The van der Waals surface area contributed by atoms with Crippen molar-refractivity contribution in [2.45, 2.75) is 6.10 Å². The van der Waals surface area contributed by atoms with Crippen molar-refractivity contribution < 1.29 is 13.9 Å². The zero-order valence-electron chi connectivity index (χ0n) is 8.76. The molecule has 0 spiro atoms. The smallest absolute Gasteiger partial charge is 0.175 e. The number of fused-ring (bicyclic) bond motifs is 1. The van der Waals surface area contributed by atoms with Crippen molar-refractivity contribution in [3.05, 3.63) is 58.7 Å². The van der Waals surface area contributed by atoms with Crippen LogP contribution in [0.25, 0.3) is 11.0 Å². The van der Waals surface area contributed by atoms with Crippen molar-refractivity contribution >= 4 is 26.9 Å². The molecule has 1 N–H and O–H groups in total. The lowest BCUT2D eigenvalue weighted by Gasteiger charge is -2.04. The van der Waals surface area contributed by atoms with Crippen molar-refractivity contribution in [1.29, 1.82) is 0 Å². The lowest BCUT2D eigenvalue weighted by molar-refractivity contribution is 0.190. The lowest BCUT2D eigenvalue weighted by atomic mass is 10.1. The Morgan fingerprint density at radius 3 is 2.71 bits per heavy atom. The average Bonchev–Trinajstić information content (AvgIpc) is 2.93. The van der Waals surface area contributed by atoms with Gasteiger partial charge in [0.25, 0.3) is 0 Å². The molecular formula is C13H9BrO3. The molecule has 86 valence electrons. The Kier molecular flexibility index (Phi) is 2.53. The molecule has 0 fully saturated rings. The first-order chi connectivity index (χ1) is 8.25. The summed E-state index contributed by atoms with van der Waals surface area (Å²) in [7, 11) is 0. The standard InChI is InChI=1S/C13H9BrO3/c14-13-9(5-6-16-13)12(15)11-7-8-3-1-2-4-10(8)17-11/h1-7,12,15H. The van der Waals surface area contributed by atoms with Gasteiger partial charge in [-0.1, -0.05) is 18.2 Å². The van der Waals surface area contributed by atoms with Crippen LogP contribution in [0.4, 0.5) is 0 Å². The first-order valence-corrected chi connectivity index (χ1v) is 5.94. The first-order valence-electron chi connectivity index (χ1n) is 5.15. The predicted octanol–water partition coefficient (Wildman–Crippen LogP) is 3.87. The summed E-state index contributed by atoms with van der Waals surface area (Å²) in [5.41, 5.74) is 1.42. The molecule has 17 heavy (non-hydrogen) atoms. The van der Waals surface area contributed by atoms with Gasteiger partial charge in [0.15, 0.2) is 4.67 Å². The maximum atomic E-state index is 10.2. The number of aliphatic hydroxyl groups is 1. The van der Waals surface area contributed by atoms with Crippen molar-refractivity contribution in [2.24, 2.45) is 0 Å². The SMILES string of the molecule is OC(c1cc2ccccc2o1)c1ccoc1Br. The van der Waals surface area contributed by atoms with Crippen molar-refractivity contribution in [3.63, 3.8) is 0 Å². The number of furan rings is 2. The fourth-order valence-electron chi connectivity index (χ4n) is 1.79. The fraction of sp³-hybridized carbons (Fsp3) is 0.0769. The highest BCUT2D eigenvalue weighted by Gasteiger charge is 2.19. The van der Waals surface area contributed by atoms with E-state index in [-0.39, 0.29) is 0 Å². The van der Waals surface area contributed by atoms with Gasteiger partial charge < -0.3 is 13.9 Å². The number of hydrogen-bond donors (Lipinski definition) is 1. The third-order valence-electron chi connectivity index (χ3n) is 2.65. The molecule has 3 rings (SSSR count). The van der Waals surface area contributed by atoms with Gasteiger partial charge in [0.2, 0.25) is 0 Å².